The van der Waals surface area contributed by atoms with Crippen LogP contribution in [-0.2, 0) is 0 Å². The second-order valence-electron chi connectivity index (χ2n) is 2.78. The topological polar surface area (TPSA) is 78.4 Å². The van der Waals surface area contributed by atoms with Gasteiger partial charge in [-0.25, -0.2) is 4.79 Å². The van der Waals surface area contributed by atoms with Gasteiger partial charge in [0, 0.05) is 5.56 Å². The summed E-state index contributed by atoms with van der Waals surface area (Å²) in [5, 5.41) is 0. The summed E-state index contributed by atoms with van der Waals surface area (Å²) in [6, 6.07) is 9.26. The molecule has 0 bridgehead atoms. The van der Waals surface area contributed by atoms with Crippen LogP contribution in [0.25, 0.3) is 11.5 Å². The predicted octanol–water partition coefficient (Wildman–Crippen LogP) is 1.80. The van der Waals surface area contributed by atoms with Crippen LogP contribution < -0.4 is 10.5 Å². The summed E-state index contributed by atoms with van der Waals surface area (Å²) >= 11 is 0. The van der Waals surface area contributed by atoms with Gasteiger partial charge in [0.25, 0.3) is 5.88 Å². The van der Waals surface area contributed by atoms with Gasteiger partial charge in [-0.1, -0.05) is 18.2 Å². The monoisotopic (exact) mass is 204 g/mol. The van der Waals surface area contributed by atoms with E-state index in [1.54, 1.807) is 0 Å². The van der Waals surface area contributed by atoms with Crippen molar-refractivity contribution in [2.75, 3.05) is 0 Å². The molecule has 0 radical (unpaired) electrons. The Labute approximate surface area is 85.5 Å². The van der Waals surface area contributed by atoms with Crippen molar-refractivity contribution in [2.24, 2.45) is 5.73 Å². The number of benzene rings is 1. The van der Waals surface area contributed by atoms with E-state index < -0.39 is 6.09 Å². The minimum Gasteiger partial charge on any atom is -0.440 e. The number of aromatic nitrogens is 1. The van der Waals surface area contributed by atoms with Crippen molar-refractivity contribution < 1.29 is 13.9 Å². The first-order chi connectivity index (χ1) is 7.25. The number of nitrogens with two attached hydrogens (primary N) is 1. The largest absolute Gasteiger partial charge is 0.440 e. The van der Waals surface area contributed by atoms with E-state index in [1.165, 1.54) is 6.26 Å². The Balaban J connectivity index is 2.24. The first-order valence-corrected chi connectivity index (χ1v) is 4.24. The van der Waals surface area contributed by atoms with E-state index in [2.05, 4.69) is 9.72 Å². The van der Waals surface area contributed by atoms with Crippen LogP contribution in [0.2, 0.25) is 0 Å². The van der Waals surface area contributed by atoms with Crippen molar-refractivity contribution in [3.05, 3.63) is 36.6 Å². The molecule has 2 N–H and O–H groups in total. The molecule has 1 aromatic heterocycles. The van der Waals surface area contributed by atoms with Crippen LogP contribution in [-0.4, -0.2) is 11.1 Å². The third kappa shape index (κ3) is 2.14. The Morgan fingerprint density at radius 2 is 2.07 bits per heavy atom. The summed E-state index contributed by atoms with van der Waals surface area (Å²) in [5.41, 5.74) is 5.63. The van der Waals surface area contributed by atoms with E-state index in [0.29, 0.717) is 5.89 Å². The summed E-state index contributed by atoms with van der Waals surface area (Å²) in [4.78, 5) is 14.4. The molecule has 0 aliphatic rings. The minimum absolute atomic E-state index is 0.0568. The van der Waals surface area contributed by atoms with Crippen molar-refractivity contribution in [3.8, 4) is 17.3 Å². The highest BCUT2D eigenvalue weighted by molar-refractivity contribution is 5.67. The highest BCUT2D eigenvalue weighted by Crippen LogP contribution is 2.21. The van der Waals surface area contributed by atoms with E-state index in [4.69, 9.17) is 10.2 Å². The Morgan fingerprint density at radius 3 is 2.73 bits per heavy atom. The van der Waals surface area contributed by atoms with Crippen molar-refractivity contribution in [2.45, 2.75) is 0 Å². The maximum atomic E-state index is 10.4. The molecule has 0 aliphatic heterocycles. The summed E-state index contributed by atoms with van der Waals surface area (Å²) < 4.78 is 9.66. The van der Waals surface area contributed by atoms with Gasteiger partial charge in [-0.3, -0.25) is 0 Å². The number of amides is 1. The quantitative estimate of drug-likeness (QED) is 0.808. The molecule has 1 amide bonds. The molecule has 2 rings (SSSR count). The van der Waals surface area contributed by atoms with E-state index in [-0.39, 0.29) is 5.88 Å². The van der Waals surface area contributed by atoms with Gasteiger partial charge >= 0.3 is 6.09 Å². The number of ether oxygens (including phenoxy) is 1. The first kappa shape index (κ1) is 9.26. The van der Waals surface area contributed by atoms with Gasteiger partial charge in [-0.05, 0) is 12.1 Å². The highest BCUT2D eigenvalue weighted by Gasteiger charge is 2.08. The van der Waals surface area contributed by atoms with Gasteiger partial charge in [0.2, 0.25) is 5.89 Å². The zero-order valence-electron chi connectivity index (χ0n) is 7.71. The predicted molar refractivity (Wildman–Crippen MR) is 52.2 cm³/mol. The maximum Gasteiger partial charge on any atom is 0.411 e. The molecule has 0 aliphatic carbocycles. The summed E-state index contributed by atoms with van der Waals surface area (Å²) in [6.07, 6.45) is 0.315. The Morgan fingerprint density at radius 1 is 1.33 bits per heavy atom. The molecule has 0 fully saturated rings. The normalized spacial score (nSPS) is 9.87. The lowest BCUT2D eigenvalue weighted by Gasteiger charge is -1.92. The number of hydrogen-bond acceptors (Lipinski definition) is 4. The van der Waals surface area contributed by atoms with Crippen LogP contribution in [0.1, 0.15) is 0 Å². The van der Waals surface area contributed by atoms with E-state index in [9.17, 15) is 4.79 Å². The number of nitrogens with zero attached hydrogens (tertiary/aromatic N) is 1. The van der Waals surface area contributed by atoms with Gasteiger partial charge in [-0.15, -0.1) is 0 Å². The maximum absolute atomic E-state index is 10.4. The molecule has 2 aromatic rings. The SMILES string of the molecule is NC(=O)Oc1coc(-c2ccccc2)n1. The molecule has 1 heterocycles. The number of rotatable bonds is 2. The molecule has 15 heavy (non-hydrogen) atoms. The van der Waals surface area contributed by atoms with Crippen molar-refractivity contribution in [3.63, 3.8) is 0 Å². The number of oxazole rings is 1. The number of hydrogen-bond donors (Lipinski definition) is 1. The van der Waals surface area contributed by atoms with Gasteiger partial charge in [0.15, 0.2) is 6.26 Å². The van der Waals surface area contributed by atoms with Crippen LogP contribution in [0.4, 0.5) is 4.79 Å². The van der Waals surface area contributed by atoms with Crippen molar-refractivity contribution >= 4 is 6.09 Å². The molecule has 76 valence electrons. The summed E-state index contributed by atoms with van der Waals surface area (Å²) in [5.74, 6) is 0.438. The van der Waals surface area contributed by atoms with Crippen LogP contribution in [0, 0.1) is 0 Å². The lowest BCUT2D eigenvalue weighted by atomic mass is 10.2. The minimum atomic E-state index is -0.914. The smallest absolute Gasteiger partial charge is 0.411 e. The lowest BCUT2D eigenvalue weighted by Crippen LogP contribution is -2.16. The molecule has 0 atom stereocenters. The van der Waals surface area contributed by atoms with Crippen LogP contribution in [0.5, 0.6) is 5.88 Å². The molecular weight excluding hydrogens is 196 g/mol. The number of carbonyl (C=O) groups is 1. The number of primary amides is 1. The van der Waals surface area contributed by atoms with E-state index >= 15 is 0 Å². The van der Waals surface area contributed by atoms with Crippen molar-refractivity contribution in [1.82, 2.24) is 4.98 Å². The van der Waals surface area contributed by atoms with Gasteiger partial charge in [-0.2, -0.15) is 4.98 Å². The third-order valence-electron chi connectivity index (χ3n) is 1.71. The Hall–Kier alpha value is -2.30. The molecule has 5 nitrogen and oxygen atoms in total. The molecule has 0 saturated heterocycles. The molecular formula is C10H8N2O3. The van der Waals surface area contributed by atoms with E-state index in [0.717, 1.165) is 5.56 Å². The van der Waals surface area contributed by atoms with Crippen LogP contribution in [0.15, 0.2) is 41.0 Å². The second-order valence-corrected chi connectivity index (χ2v) is 2.78. The summed E-state index contributed by atoms with van der Waals surface area (Å²) in [7, 11) is 0. The molecule has 0 unspecified atom stereocenters. The Bertz CT molecular complexity index is 465. The number of carbonyl (C=O) groups excluding carboxylic acids is 1. The standard InChI is InChI=1S/C10H8N2O3/c11-10(13)15-8-6-14-9(12-8)7-4-2-1-3-5-7/h1-6H,(H2,11,13). The Kier molecular flexibility index (Phi) is 2.37. The van der Waals surface area contributed by atoms with Crippen LogP contribution in [0.3, 0.4) is 0 Å². The first-order valence-electron chi connectivity index (χ1n) is 4.24. The van der Waals surface area contributed by atoms with Gasteiger partial charge in [0.05, 0.1) is 0 Å². The molecule has 1 aromatic carbocycles. The fourth-order valence-corrected chi connectivity index (χ4v) is 1.12. The third-order valence-corrected chi connectivity index (χ3v) is 1.71. The zero-order valence-corrected chi connectivity index (χ0v) is 7.71. The van der Waals surface area contributed by atoms with Gasteiger partial charge < -0.3 is 14.9 Å². The second kappa shape index (κ2) is 3.83. The average Bonchev–Trinajstić information content (AvgIpc) is 2.67. The molecule has 0 saturated carbocycles. The van der Waals surface area contributed by atoms with Gasteiger partial charge in [0.1, 0.15) is 0 Å². The fraction of sp³-hybridized carbons (Fsp3) is 0. The van der Waals surface area contributed by atoms with E-state index in [1.807, 2.05) is 30.3 Å². The average molecular weight is 204 g/mol. The lowest BCUT2D eigenvalue weighted by molar-refractivity contribution is 0.209. The van der Waals surface area contributed by atoms with Crippen molar-refractivity contribution in [1.29, 1.82) is 0 Å². The molecule has 0 spiro atoms. The summed E-state index contributed by atoms with van der Waals surface area (Å²) in [6.45, 7) is 0. The van der Waals surface area contributed by atoms with Crippen LogP contribution >= 0.6 is 0 Å². The fourth-order valence-electron chi connectivity index (χ4n) is 1.12. The zero-order chi connectivity index (χ0) is 10.7. The highest BCUT2D eigenvalue weighted by atomic mass is 16.6. The molecule has 5 heteroatoms.